The topological polar surface area (TPSA) is 66.6 Å². The first-order valence-corrected chi connectivity index (χ1v) is 6.83. The van der Waals surface area contributed by atoms with Crippen molar-refractivity contribution < 1.29 is 9.90 Å². The van der Waals surface area contributed by atoms with E-state index in [1.807, 2.05) is 11.8 Å². The predicted octanol–water partition coefficient (Wildman–Crippen LogP) is 1.90. The highest BCUT2D eigenvalue weighted by Crippen LogP contribution is 2.25. The highest BCUT2D eigenvalue weighted by molar-refractivity contribution is 5.96. The number of benzene rings is 1. The van der Waals surface area contributed by atoms with Gasteiger partial charge in [0.1, 0.15) is 5.75 Å². The Morgan fingerprint density at radius 3 is 2.84 bits per heavy atom. The maximum absolute atomic E-state index is 12.6. The molecule has 0 radical (unpaired) electrons. The molecular weight excluding hydrogens is 240 g/mol. The molecule has 0 aliphatic carbocycles. The number of hydrogen-bond acceptors (Lipinski definition) is 3. The van der Waals surface area contributed by atoms with Crippen LogP contribution in [0.5, 0.6) is 5.75 Å². The Hall–Kier alpha value is -1.55. The number of amides is 1. The molecule has 1 amide bonds. The molecule has 0 spiro atoms. The lowest BCUT2D eigenvalue weighted by Gasteiger charge is -2.38. The van der Waals surface area contributed by atoms with Crippen LogP contribution >= 0.6 is 0 Å². The first kappa shape index (κ1) is 13.9. The average Bonchev–Trinajstić information content (AvgIpc) is 2.38. The quantitative estimate of drug-likeness (QED) is 0.855. The number of phenols is 1. The molecule has 1 saturated heterocycles. The van der Waals surface area contributed by atoms with Gasteiger partial charge in [0.05, 0.1) is 0 Å². The predicted molar refractivity (Wildman–Crippen MR) is 75.1 cm³/mol. The number of likely N-dealkylation sites (tertiary alicyclic amines) is 1. The van der Waals surface area contributed by atoms with Crippen LogP contribution in [0.25, 0.3) is 0 Å². The van der Waals surface area contributed by atoms with Crippen molar-refractivity contribution in [1.29, 1.82) is 0 Å². The van der Waals surface area contributed by atoms with E-state index in [9.17, 15) is 9.90 Å². The van der Waals surface area contributed by atoms with Crippen LogP contribution in [-0.4, -0.2) is 35.0 Å². The fourth-order valence-electron chi connectivity index (χ4n) is 2.70. The Morgan fingerprint density at radius 2 is 2.21 bits per heavy atom. The maximum atomic E-state index is 12.6. The van der Waals surface area contributed by atoms with E-state index in [1.165, 1.54) is 0 Å². The Morgan fingerprint density at radius 1 is 1.47 bits per heavy atom. The summed E-state index contributed by atoms with van der Waals surface area (Å²) < 4.78 is 0. The third kappa shape index (κ3) is 2.89. The van der Waals surface area contributed by atoms with Gasteiger partial charge in [-0.15, -0.1) is 0 Å². The second-order valence-corrected chi connectivity index (χ2v) is 5.48. The first-order valence-electron chi connectivity index (χ1n) is 6.83. The Labute approximate surface area is 114 Å². The summed E-state index contributed by atoms with van der Waals surface area (Å²) in [5, 5.41) is 9.42. The summed E-state index contributed by atoms with van der Waals surface area (Å²) in [6, 6.07) is 5.15. The fourth-order valence-corrected chi connectivity index (χ4v) is 2.70. The molecule has 0 aromatic heterocycles. The molecule has 0 bridgehead atoms. The van der Waals surface area contributed by atoms with Crippen molar-refractivity contribution in [2.24, 2.45) is 11.7 Å². The first-order chi connectivity index (χ1) is 9.02. The van der Waals surface area contributed by atoms with E-state index in [1.54, 1.807) is 18.2 Å². The Bertz CT molecular complexity index is 473. The average molecular weight is 262 g/mol. The van der Waals surface area contributed by atoms with Gasteiger partial charge in [-0.25, -0.2) is 0 Å². The molecule has 0 saturated carbocycles. The molecule has 4 nitrogen and oxygen atoms in total. The summed E-state index contributed by atoms with van der Waals surface area (Å²) in [5.41, 5.74) is 7.21. The van der Waals surface area contributed by atoms with E-state index < -0.39 is 0 Å². The van der Waals surface area contributed by atoms with Gasteiger partial charge in [0.25, 0.3) is 5.91 Å². The monoisotopic (exact) mass is 262 g/mol. The van der Waals surface area contributed by atoms with E-state index in [0.717, 1.165) is 24.9 Å². The number of hydrogen-bond donors (Lipinski definition) is 2. The number of carbonyl (C=O) groups is 1. The van der Waals surface area contributed by atoms with Crippen LogP contribution in [0.15, 0.2) is 18.2 Å². The zero-order valence-corrected chi connectivity index (χ0v) is 11.6. The number of rotatable bonds is 2. The smallest absolute Gasteiger partial charge is 0.254 e. The number of nitrogens with two attached hydrogens (primary N) is 1. The summed E-state index contributed by atoms with van der Waals surface area (Å²) in [5.74, 6) is 0.640. The Kier molecular flexibility index (Phi) is 4.10. The molecule has 1 aliphatic heterocycles. The largest absolute Gasteiger partial charge is 0.508 e. The van der Waals surface area contributed by atoms with Crippen molar-refractivity contribution in [3.05, 3.63) is 29.3 Å². The number of aromatic hydroxyl groups is 1. The molecule has 19 heavy (non-hydrogen) atoms. The van der Waals surface area contributed by atoms with E-state index in [4.69, 9.17) is 5.73 Å². The van der Waals surface area contributed by atoms with Gasteiger partial charge in [-0.1, -0.05) is 0 Å². The van der Waals surface area contributed by atoms with Crippen molar-refractivity contribution in [2.75, 3.05) is 13.1 Å². The zero-order chi connectivity index (χ0) is 14.0. The molecule has 1 aromatic carbocycles. The minimum absolute atomic E-state index is 0.0446. The van der Waals surface area contributed by atoms with Crippen molar-refractivity contribution in [3.8, 4) is 5.75 Å². The number of nitrogens with zero attached hydrogens (tertiary/aromatic N) is 1. The summed E-state index contributed by atoms with van der Waals surface area (Å²) in [6.07, 6.45) is 2.10. The lowest BCUT2D eigenvalue weighted by atomic mass is 9.92. The lowest BCUT2D eigenvalue weighted by Crippen LogP contribution is -2.47. The minimum Gasteiger partial charge on any atom is -0.508 e. The second-order valence-electron chi connectivity index (χ2n) is 5.48. The van der Waals surface area contributed by atoms with Crippen LogP contribution < -0.4 is 5.73 Å². The van der Waals surface area contributed by atoms with E-state index >= 15 is 0 Å². The van der Waals surface area contributed by atoms with Gasteiger partial charge in [0, 0.05) is 18.2 Å². The molecule has 3 N–H and O–H groups in total. The number of phenolic OH excluding ortho intramolecular Hbond substituents is 1. The molecule has 2 unspecified atom stereocenters. The molecule has 1 fully saturated rings. The summed E-state index contributed by atoms with van der Waals surface area (Å²) in [4.78, 5) is 14.5. The Balaban J connectivity index is 2.22. The van der Waals surface area contributed by atoms with Gasteiger partial charge in [0.15, 0.2) is 0 Å². The van der Waals surface area contributed by atoms with E-state index in [0.29, 0.717) is 18.0 Å². The standard InChI is InChI=1S/C15H22N2O2/c1-10-7-13(18)5-6-14(10)15(19)17-9-12(8-16)4-3-11(17)2/h5-7,11-12,18H,3-4,8-9,16H2,1-2H3. The van der Waals surface area contributed by atoms with Crippen molar-refractivity contribution in [1.82, 2.24) is 4.90 Å². The van der Waals surface area contributed by atoms with Crippen molar-refractivity contribution in [2.45, 2.75) is 32.7 Å². The lowest BCUT2D eigenvalue weighted by molar-refractivity contribution is 0.0566. The minimum atomic E-state index is 0.0446. The summed E-state index contributed by atoms with van der Waals surface area (Å²) in [6.45, 7) is 5.30. The molecule has 4 heteroatoms. The van der Waals surface area contributed by atoms with Crippen LogP contribution in [-0.2, 0) is 0 Å². The normalized spacial score (nSPS) is 23.4. The van der Waals surface area contributed by atoms with Gasteiger partial charge in [-0.2, -0.15) is 0 Å². The number of piperidine rings is 1. The third-order valence-corrected chi connectivity index (χ3v) is 4.01. The van der Waals surface area contributed by atoms with Crippen LogP contribution in [0.2, 0.25) is 0 Å². The third-order valence-electron chi connectivity index (χ3n) is 4.01. The maximum Gasteiger partial charge on any atom is 0.254 e. The van der Waals surface area contributed by atoms with Crippen molar-refractivity contribution in [3.63, 3.8) is 0 Å². The molecule has 104 valence electrons. The van der Waals surface area contributed by atoms with Gasteiger partial charge >= 0.3 is 0 Å². The van der Waals surface area contributed by atoms with Crippen LogP contribution in [0, 0.1) is 12.8 Å². The summed E-state index contributed by atoms with van der Waals surface area (Å²) >= 11 is 0. The highest BCUT2D eigenvalue weighted by Gasteiger charge is 2.29. The van der Waals surface area contributed by atoms with E-state index in [2.05, 4.69) is 6.92 Å². The van der Waals surface area contributed by atoms with Gasteiger partial charge in [0.2, 0.25) is 0 Å². The van der Waals surface area contributed by atoms with Gasteiger partial charge in [-0.3, -0.25) is 4.79 Å². The van der Waals surface area contributed by atoms with Gasteiger partial charge in [-0.05, 0) is 62.9 Å². The SMILES string of the molecule is Cc1cc(O)ccc1C(=O)N1CC(CN)CCC1C. The highest BCUT2D eigenvalue weighted by atomic mass is 16.3. The van der Waals surface area contributed by atoms with Crippen LogP contribution in [0.1, 0.15) is 35.7 Å². The zero-order valence-electron chi connectivity index (χ0n) is 11.6. The van der Waals surface area contributed by atoms with E-state index in [-0.39, 0.29) is 17.7 Å². The molecule has 1 aromatic rings. The van der Waals surface area contributed by atoms with Crippen molar-refractivity contribution >= 4 is 5.91 Å². The molecular formula is C15H22N2O2. The number of carbonyl (C=O) groups excluding carboxylic acids is 1. The fraction of sp³-hybridized carbons (Fsp3) is 0.533. The molecule has 1 heterocycles. The molecule has 1 aliphatic rings. The van der Waals surface area contributed by atoms with Crippen LogP contribution in [0.4, 0.5) is 0 Å². The second kappa shape index (κ2) is 5.61. The molecule has 2 atom stereocenters. The number of aryl methyl sites for hydroxylation is 1. The van der Waals surface area contributed by atoms with Crippen LogP contribution in [0.3, 0.4) is 0 Å². The van der Waals surface area contributed by atoms with Gasteiger partial charge < -0.3 is 15.7 Å². The summed E-state index contributed by atoms with van der Waals surface area (Å²) in [7, 11) is 0. The molecule has 2 rings (SSSR count).